The fraction of sp³-hybridized carbons (Fsp3) is 0.759. The lowest BCUT2D eigenvalue weighted by Crippen LogP contribution is -2.50. The van der Waals surface area contributed by atoms with E-state index in [1.165, 1.54) is 63.5 Å². The SMILES string of the molecule is CC[C@@H](NC(=O)[C@H]1CCC2C3CCC4CC(C)CCC4C3CCC21C)c1ccc(F)cc1. The van der Waals surface area contributed by atoms with Crippen LogP contribution in [0.15, 0.2) is 24.3 Å². The summed E-state index contributed by atoms with van der Waals surface area (Å²) in [6, 6.07) is 6.61. The number of amides is 1. The molecule has 0 aromatic heterocycles. The molecule has 4 saturated carbocycles. The van der Waals surface area contributed by atoms with E-state index in [0.29, 0.717) is 0 Å². The van der Waals surface area contributed by atoms with Crippen LogP contribution in [0.1, 0.15) is 96.6 Å². The highest BCUT2D eigenvalue weighted by molar-refractivity contribution is 5.80. The van der Waals surface area contributed by atoms with Crippen molar-refractivity contribution >= 4 is 5.91 Å². The molecule has 0 spiro atoms. The van der Waals surface area contributed by atoms with Gasteiger partial charge in [-0.15, -0.1) is 0 Å². The maximum atomic E-state index is 13.6. The molecule has 1 aromatic rings. The van der Waals surface area contributed by atoms with Gasteiger partial charge in [-0.3, -0.25) is 4.79 Å². The fourth-order valence-corrected chi connectivity index (χ4v) is 8.91. The summed E-state index contributed by atoms with van der Waals surface area (Å²) in [4.78, 5) is 13.6. The second kappa shape index (κ2) is 8.76. The average Bonchev–Trinajstić information content (AvgIpc) is 3.15. The summed E-state index contributed by atoms with van der Waals surface area (Å²) in [7, 11) is 0. The Morgan fingerprint density at radius 3 is 2.53 bits per heavy atom. The van der Waals surface area contributed by atoms with Gasteiger partial charge >= 0.3 is 0 Å². The zero-order valence-corrected chi connectivity index (χ0v) is 20.3. The van der Waals surface area contributed by atoms with Gasteiger partial charge in [-0.2, -0.15) is 0 Å². The fourth-order valence-electron chi connectivity index (χ4n) is 8.91. The maximum Gasteiger partial charge on any atom is 0.224 e. The van der Waals surface area contributed by atoms with Crippen LogP contribution in [0.2, 0.25) is 0 Å². The topological polar surface area (TPSA) is 29.1 Å². The van der Waals surface area contributed by atoms with Gasteiger partial charge in [-0.1, -0.05) is 39.3 Å². The molecule has 0 aliphatic heterocycles. The number of benzene rings is 1. The Morgan fingerprint density at radius 2 is 1.78 bits per heavy atom. The molecular weight excluding hydrogens is 397 g/mol. The van der Waals surface area contributed by atoms with Crippen molar-refractivity contribution in [3.8, 4) is 0 Å². The Hall–Kier alpha value is -1.38. The number of fused-ring (bicyclic) bond motifs is 5. The summed E-state index contributed by atoms with van der Waals surface area (Å²) >= 11 is 0. The standard InChI is InChI=1S/C29H42FNO/c1-4-27(19-6-9-21(30)10-7-19)31-28(32)26-14-13-25-24-12-8-20-17-18(2)5-11-22(20)23(24)15-16-29(25,26)3/h6-7,9-10,18,20,22-27H,4-5,8,11-17H2,1-3H3,(H,31,32)/t18?,20?,22?,23?,24?,25?,26-,27-,29?/m1/s1. The summed E-state index contributed by atoms with van der Waals surface area (Å²) < 4.78 is 13.4. The van der Waals surface area contributed by atoms with Gasteiger partial charge in [0.2, 0.25) is 5.91 Å². The first kappa shape index (κ1) is 22.4. The van der Waals surface area contributed by atoms with E-state index < -0.39 is 0 Å². The zero-order chi connectivity index (χ0) is 22.5. The van der Waals surface area contributed by atoms with E-state index in [-0.39, 0.29) is 29.1 Å². The predicted molar refractivity (Wildman–Crippen MR) is 127 cm³/mol. The molecular formula is C29H42FNO. The van der Waals surface area contributed by atoms with Gasteiger partial charge in [0.1, 0.15) is 5.82 Å². The molecule has 0 radical (unpaired) electrons. The molecule has 0 saturated heterocycles. The first-order valence-electron chi connectivity index (χ1n) is 13.5. The van der Waals surface area contributed by atoms with Crippen LogP contribution < -0.4 is 5.32 Å². The lowest BCUT2D eigenvalue weighted by atomic mass is 9.49. The molecule has 176 valence electrons. The molecule has 0 bridgehead atoms. The van der Waals surface area contributed by atoms with Crippen molar-refractivity contribution in [3.05, 3.63) is 35.6 Å². The molecule has 3 heteroatoms. The average molecular weight is 440 g/mol. The normalized spacial score (nSPS) is 41.8. The van der Waals surface area contributed by atoms with Crippen molar-refractivity contribution in [3.63, 3.8) is 0 Å². The monoisotopic (exact) mass is 439 g/mol. The molecule has 9 atom stereocenters. The number of rotatable bonds is 4. The molecule has 1 aromatic carbocycles. The van der Waals surface area contributed by atoms with E-state index in [4.69, 9.17) is 0 Å². The van der Waals surface area contributed by atoms with Gasteiger partial charge in [0, 0.05) is 5.92 Å². The number of carbonyl (C=O) groups is 1. The summed E-state index contributed by atoms with van der Waals surface area (Å²) in [5, 5.41) is 3.36. The Morgan fingerprint density at radius 1 is 1.03 bits per heavy atom. The van der Waals surface area contributed by atoms with Crippen LogP contribution in [0.25, 0.3) is 0 Å². The summed E-state index contributed by atoms with van der Waals surface area (Å²) in [6.45, 7) is 7.00. The van der Waals surface area contributed by atoms with Gasteiger partial charge in [0.15, 0.2) is 0 Å². The Kier molecular flexibility index (Phi) is 6.14. The van der Waals surface area contributed by atoms with Crippen LogP contribution in [0.5, 0.6) is 0 Å². The van der Waals surface area contributed by atoms with Gasteiger partial charge in [-0.25, -0.2) is 4.39 Å². The summed E-state index contributed by atoms with van der Waals surface area (Å²) in [5.41, 5.74) is 1.16. The van der Waals surface area contributed by atoms with E-state index in [1.807, 2.05) is 12.1 Å². The third kappa shape index (κ3) is 3.82. The van der Waals surface area contributed by atoms with E-state index in [2.05, 4.69) is 26.1 Å². The zero-order valence-electron chi connectivity index (χ0n) is 20.3. The Labute approximate surface area is 194 Å². The van der Waals surface area contributed by atoms with E-state index in [9.17, 15) is 9.18 Å². The third-order valence-electron chi connectivity index (χ3n) is 10.5. The number of carbonyl (C=O) groups excluding carboxylic acids is 1. The van der Waals surface area contributed by atoms with Crippen LogP contribution in [0.3, 0.4) is 0 Å². The Balaban J connectivity index is 1.29. The molecule has 1 N–H and O–H groups in total. The molecule has 1 amide bonds. The molecule has 4 aliphatic carbocycles. The minimum Gasteiger partial charge on any atom is -0.349 e. The van der Waals surface area contributed by atoms with Gasteiger partial charge in [-0.05, 0) is 116 Å². The molecule has 4 fully saturated rings. The first-order chi connectivity index (χ1) is 15.4. The maximum absolute atomic E-state index is 13.6. The second-order valence-corrected chi connectivity index (χ2v) is 12.0. The molecule has 4 aliphatic rings. The summed E-state index contributed by atoms with van der Waals surface area (Å²) in [5.74, 6) is 5.51. The number of hydrogen-bond acceptors (Lipinski definition) is 1. The lowest BCUT2D eigenvalue weighted by molar-refractivity contribution is -0.133. The predicted octanol–water partition coefficient (Wildman–Crippen LogP) is 7.30. The highest BCUT2D eigenvalue weighted by atomic mass is 19.1. The molecule has 2 nitrogen and oxygen atoms in total. The number of halogens is 1. The van der Waals surface area contributed by atoms with Crippen molar-refractivity contribution in [2.24, 2.45) is 46.8 Å². The molecule has 32 heavy (non-hydrogen) atoms. The van der Waals surface area contributed by atoms with E-state index >= 15 is 0 Å². The van der Waals surface area contributed by atoms with Crippen LogP contribution in [-0.2, 0) is 4.79 Å². The van der Waals surface area contributed by atoms with Crippen LogP contribution in [0.4, 0.5) is 4.39 Å². The second-order valence-electron chi connectivity index (χ2n) is 12.0. The van der Waals surface area contributed by atoms with Crippen LogP contribution in [0, 0.1) is 52.7 Å². The van der Waals surface area contributed by atoms with E-state index in [1.54, 1.807) is 0 Å². The minimum atomic E-state index is -0.222. The summed E-state index contributed by atoms with van der Waals surface area (Å²) in [6.07, 6.45) is 12.9. The quantitative estimate of drug-likeness (QED) is 0.524. The smallest absolute Gasteiger partial charge is 0.224 e. The van der Waals surface area contributed by atoms with Crippen molar-refractivity contribution in [2.45, 2.75) is 91.0 Å². The highest BCUT2D eigenvalue weighted by Gasteiger charge is 2.58. The highest BCUT2D eigenvalue weighted by Crippen LogP contribution is 2.64. The van der Waals surface area contributed by atoms with Crippen LogP contribution >= 0.6 is 0 Å². The van der Waals surface area contributed by atoms with Gasteiger partial charge < -0.3 is 5.32 Å². The minimum absolute atomic E-state index is 0.0262. The van der Waals surface area contributed by atoms with Crippen molar-refractivity contribution in [2.75, 3.05) is 0 Å². The Bertz CT molecular complexity index is 821. The number of hydrogen-bond donors (Lipinski definition) is 1. The van der Waals surface area contributed by atoms with Crippen molar-refractivity contribution in [1.29, 1.82) is 0 Å². The first-order valence-corrected chi connectivity index (χ1v) is 13.5. The van der Waals surface area contributed by atoms with Gasteiger partial charge in [0.05, 0.1) is 6.04 Å². The largest absolute Gasteiger partial charge is 0.349 e. The van der Waals surface area contributed by atoms with E-state index in [0.717, 1.165) is 53.9 Å². The number of nitrogens with one attached hydrogen (secondary N) is 1. The molecule has 0 heterocycles. The molecule has 5 rings (SSSR count). The van der Waals surface area contributed by atoms with Gasteiger partial charge in [0.25, 0.3) is 0 Å². The third-order valence-corrected chi connectivity index (χ3v) is 10.5. The van der Waals surface area contributed by atoms with Crippen LogP contribution in [-0.4, -0.2) is 5.91 Å². The van der Waals surface area contributed by atoms with Crippen molar-refractivity contribution in [1.82, 2.24) is 5.32 Å². The molecule has 7 unspecified atom stereocenters. The lowest BCUT2D eigenvalue weighted by Gasteiger charge is -2.56. The van der Waals surface area contributed by atoms with Crippen molar-refractivity contribution < 1.29 is 9.18 Å².